The lowest BCUT2D eigenvalue weighted by Crippen LogP contribution is -2.26. The SMILES string of the molecule is O=c1[nH]c2ccc(C3=NN=C(NCCc4ccccc4)SC3)cc2[nH]1. The lowest BCUT2D eigenvalue weighted by Gasteiger charge is -2.13. The molecule has 2 aromatic carbocycles. The number of rotatable bonds is 4. The molecule has 1 aliphatic rings. The van der Waals surface area contributed by atoms with Gasteiger partial charge in [0.2, 0.25) is 0 Å². The summed E-state index contributed by atoms with van der Waals surface area (Å²) >= 11 is 1.64. The molecule has 1 aromatic heterocycles. The fourth-order valence-corrected chi connectivity index (χ4v) is 3.50. The number of aromatic nitrogens is 2. The number of nitrogens with one attached hydrogen (secondary N) is 3. The molecule has 3 aromatic rings. The highest BCUT2D eigenvalue weighted by atomic mass is 32.2. The number of hydrogen-bond acceptors (Lipinski definition) is 5. The third kappa shape index (κ3) is 3.66. The number of imidazole rings is 1. The molecule has 126 valence electrons. The van der Waals surface area contributed by atoms with E-state index in [0.29, 0.717) is 0 Å². The van der Waals surface area contributed by atoms with Crippen molar-refractivity contribution in [3.8, 4) is 0 Å². The van der Waals surface area contributed by atoms with E-state index in [1.54, 1.807) is 11.8 Å². The molecular weight excluding hydrogens is 334 g/mol. The van der Waals surface area contributed by atoms with E-state index in [4.69, 9.17) is 0 Å². The van der Waals surface area contributed by atoms with E-state index in [1.165, 1.54) is 5.56 Å². The van der Waals surface area contributed by atoms with Crippen LogP contribution in [0.1, 0.15) is 11.1 Å². The van der Waals surface area contributed by atoms with Gasteiger partial charge in [-0.3, -0.25) is 0 Å². The smallest absolute Gasteiger partial charge is 0.323 e. The molecule has 25 heavy (non-hydrogen) atoms. The van der Waals surface area contributed by atoms with Gasteiger partial charge in [0.1, 0.15) is 0 Å². The first-order valence-corrected chi connectivity index (χ1v) is 9.04. The van der Waals surface area contributed by atoms with Gasteiger partial charge in [0.05, 0.1) is 16.7 Å². The summed E-state index contributed by atoms with van der Waals surface area (Å²) in [5, 5.41) is 12.8. The van der Waals surface area contributed by atoms with Crippen molar-refractivity contribution in [2.75, 3.05) is 12.3 Å². The molecule has 0 fully saturated rings. The van der Waals surface area contributed by atoms with Crippen molar-refractivity contribution in [3.63, 3.8) is 0 Å². The predicted molar refractivity (Wildman–Crippen MR) is 103 cm³/mol. The maximum atomic E-state index is 11.3. The Morgan fingerprint density at radius 1 is 1.04 bits per heavy atom. The normalized spacial score (nSPS) is 14.2. The Morgan fingerprint density at radius 2 is 1.88 bits per heavy atom. The van der Waals surface area contributed by atoms with Crippen molar-refractivity contribution >= 4 is 33.7 Å². The number of hydrogen-bond donors (Lipinski definition) is 3. The summed E-state index contributed by atoms with van der Waals surface area (Å²) in [6, 6.07) is 16.1. The minimum Gasteiger partial charge on any atom is -0.363 e. The standard InChI is InChI=1S/C18H17N5OS/c24-17-20-14-7-6-13(10-15(14)21-17)16-11-25-18(23-22-16)19-9-8-12-4-2-1-3-5-12/h1-7,10H,8-9,11H2,(H,19,23)(H2,20,21,24). The van der Waals surface area contributed by atoms with Crippen molar-refractivity contribution in [2.45, 2.75) is 6.42 Å². The molecule has 0 spiro atoms. The molecule has 0 unspecified atom stereocenters. The van der Waals surface area contributed by atoms with Crippen LogP contribution in [-0.4, -0.2) is 33.1 Å². The van der Waals surface area contributed by atoms with Gasteiger partial charge in [-0.25, -0.2) is 4.79 Å². The van der Waals surface area contributed by atoms with Crippen LogP contribution in [0.2, 0.25) is 0 Å². The van der Waals surface area contributed by atoms with Crippen molar-refractivity contribution in [3.05, 3.63) is 70.1 Å². The fourth-order valence-electron chi connectivity index (χ4n) is 2.70. The van der Waals surface area contributed by atoms with E-state index in [9.17, 15) is 4.79 Å². The number of amidine groups is 1. The molecule has 0 saturated heterocycles. The molecule has 0 radical (unpaired) electrons. The Kier molecular flexibility index (Phi) is 4.39. The molecule has 3 N–H and O–H groups in total. The van der Waals surface area contributed by atoms with E-state index < -0.39 is 0 Å². The highest BCUT2D eigenvalue weighted by Crippen LogP contribution is 2.17. The Balaban J connectivity index is 1.41. The average molecular weight is 351 g/mol. The van der Waals surface area contributed by atoms with Crippen LogP contribution in [0.4, 0.5) is 0 Å². The quantitative estimate of drug-likeness (QED) is 0.675. The molecule has 2 heterocycles. The number of nitrogens with zero attached hydrogens (tertiary/aromatic N) is 2. The molecule has 1 aliphatic heterocycles. The molecule has 7 heteroatoms. The molecular formula is C18H17N5OS. The summed E-state index contributed by atoms with van der Waals surface area (Å²) in [7, 11) is 0. The van der Waals surface area contributed by atoms with Gasteiger partial charge in [0.25, 0.3) is 0 Å². The number of thioether (sulfide) groups is 1. The predicted octanol–water partition coefficient (Wildman–Crippen LogP) is 2.50. The van der Waals surface area contributed by atoms with Crippen LogP contribution in [0.25, 0.3) is 11.0 Å². The zero-order valence-electron chi connectivity index (χ0n) is 13.5. The van der Waals surface area contributed by atoms with E-state index in [1.807, 2.05) is 36.4 Å². The average Bonchev–Trinajstić information content (AvgIpc) is 3.02. The monoisotopic (exact) mass is 351 g/mol. The van der Waals surface area contributed by atoms with E-state index in [0.717, 1.165) is 46.2 Å². The van der Waals surface area contributed by atoms with Gasteiger partial charge in [-0.05, 0) is 24.1 Å². The number of fused-ring (bicyclic) bond motifs is 1. The first-order valence-electron chi connectivity index (χ1n) is 8.05. The zero-order valence-corrected chi connectivity index (χ0v) is 14.3. The lowest BCUT2D eigenvalue weighted by molar-refractivity contribution is 0.870. The second-order valence-corrected chi connectivity index (χ2v) is 6.71. The molecule has 4 rings (SSSR count). The van der Waals surface area contributed by atoms with Crippen LogP contribution in [0, 0.1) is 0 Å². The second-order valence-electron chi connectivity index (χ2n) is 5.74. The van der Waals surface area contributed by atoms with Crippen molar-refractivity contribution in [1.29, 1.82) is 0 Å². The van der Waals surface area contributed by atoms with Crippen LogP contribution in [-0.2, 0) is 6.42 Å². The highest BCUT2D eigenvalue weighted by Gasteiger charge is 2.13. The molecule has 0 bridgehead atoms. The van der Waals surface area contributed by atoms with E-state index in [-0.39, 0.29) is 5.69 Å². The van der Waals surface area contributed by atoms with Crippen molar-refractivity contribution < 1.29 is 0 Å². The molecule has 0 aliphatic carbocycles. The van der Waals surface area contributed by atoms with E-state index in [2.05, 4.69) is 37.6 Å². The van der Waals surface area contributed by atoms with E-state index >= 15 is 0 Å². The molecule has 0 atom stereocenters. The Hall–Kier alpha value is -2.80. The van der Waals surface area contributed by atoms with Crippen molar-refractivity contribution in [1.82, 2.24) is 15.3 Å². The molecule has 0 amide bonds. The minimum atomic E-state index is -0.199. The number of H-pyrrole nitrogens is 2. The topological polar surface area (TPSA) is 85.4 Å². The lowest BCUT2D eigenvalue weighted by atomic mass is 10.1. The maximum absolute atomic E-state index is 11.3. The van der Waals surface area contributed by atoms with Gasteiger partial charge in [-0.2, -0.15) is 5.10 Å². The van der Waals surface area contributed by atoms with Crippen LogP contribution in [0.3, 0.4) is 0 Å². The van der Waals surface area contributed by atoms with Gasteiger partial charge in [-0.1, -0.05) is 48.2 Å². The summed E-state index contributed by atoms with van der Waals surface area (Å²) in [6.07, 6.45) is 0.953. The summed E-state index contributed by atoms with van der Waals surface area (Å²) in [5.74, 6) is 0.747. The number of benzene rings is 2. The third-order valence-electron chi connectivity index (χ3n) is 3.99. The first-order chi connectivity index (χ1) is 12.3. The van der Waals surface area contributed by atoms with Crippen molar-refractivity contribution in [2.24, 2.45) is 10.2 Å². The summed E-state index contributed by atoms with van der Waals surface area (Å²) in [5.41, 5.74) is 4.56. The van der Waals surface area contributed by atoms with Crippen LogP contribution >= 0.6 is 11.8 Å². The van der Waals surface area contributed by atoms with Crippen LogP contribution in [0.5, 0.6) is 0 Å². The Morgan fingerprint density at radius 3 is 2.68 bits per heavy atom. The van der Waals surface area contributed by atoms with Gasteiger partial charge >= 0.3 is 5.69 Å². The largest absolute Gasteiger partial charge is 0.363 e. The van der Waals surface area contributed by atoms with Gasteiger partial charge < -0.3 is 15.3 Å². The van der Waals surface area contributed by atoms with Gasteiger partial charge in [-0.15, -0.1) is 5.10 Å². The minimum absolute atomic E-state index is 0.199. The summed E-state index contributed by atoms with van der Waals surface area (Å²) in [4.78, 5) is 16.9. The summed E-state index contributed by atoms with van der Waals surface area (Å²) < 4.78 is 0. The zero-order chi connectivity index (χ0) is 17.1. The highest BCUT2D eigenvalue weighted by molar-refractivity contribution is 8.14. The molecule has 0 saturated carbocycles. The number of aromatic amines is 2. The van der Waals surface area contributed by atoms with Crippen LogP contribution < -0.4 is 11.0 Å². The van der Waals surface area contributed by atoms with Gasteiger partial charge in [0, 0.05) is 17.9 Å². The third-order valence-corrected chi connectivity index (χ3v) is 4.91. The van der Waals surface area contributed by atoms with Crippen LogP contribution in [0.15, 0.2) is 63.5 Å². The fraction of sp³-hybridized carbons (Fsp3) is 0.167. The van der Waals surface area contributed by atoms with Gasteiger partial charge in [0.15, 0.2) is 5.17 Å². The molecule has 6 nitrogen and oxygen atoms in total. The second kappa shape index (κ2) is 6.98. The Labute approximate surface area is 148 Å². The summed E-state index contributed by atoms with van der Waals surface area (Å²) in [6.45, 7) is 0.831. The Bertz CT molecular complexity index is 1000. The maximum Gasteiger partial charge on any atom is 0.323 e. The first kappa shape index (κ1) is 15.7.